The summed E-state index contributed by atoms with van der Waals surface area (Å²) in [5.74, 6) is 0. The molecule has 0 amide bonds. The fraction of sp³-hybridized carbons (Fsp3) is 0.0571. The van der Waals surface area contributed by atoms with Crippen LogP contribution >= 0.6 is 0 Å². The molecule has 0 fully saturated rings. The van der Waals surface area contributed by atoms with Gasteiger partial charge in [-0.05, 0) is 121 Å². The zero-order valence-corrected chi connectivity index (χ0v) is 40.4. The summed E-state index contributed by atoms with van der Waals surface area (Å²) in [7, 11) is 0. The van der Waals surface area contributed by atoms with Crippen molar-refractivity contribution >= 4 is 60.9 Å². The Morgan fingerprint density at radius 1 is 0.342 bits per heavy atom. The van der Waals surface area contributed by atoms with E-state index in [1.165, 1.54) is 61.2 Å². The highest BCUT2D eigenvalue weighted by molar-refractivity contribution is 6.24. The molecule has 15 rings (SSSR count). The third-order valence-corrected chi connectivity index (χ3v) is 16.2. The fourth-order valence-corrected chi connectivity index (χ4v) is 12.9. The van der Waals surface area contributed by atoms with E-state index in [0.29, 0.717) is 0 Å². The van der Waals surface area contributed by atoms with Crippen LogP contribution < -0.4 is 4.90 Å². The second-order valence-electron chi connectivity index (χ2n) is 20.3. The number of fused-ring (bicyclic) bond motifs is 12. The maximum Gasteiger partial charge on any atom is 0.159 e. The van der Waals surface area contributed by atoms with E-state index in [9.17, 15) is 0 Å². The molecule has 0 radical (unpaired) electrons. The quantitative estimate of drug-likeness (QED) is 0.159. The van der Waals surface area contributed by atoms with Crippen molar-refractivity contribution in [2.45, 2.75) is 24.7 Å². The highest BCUT2D eigenvalue weighted by Gasteiger charge is 2.46. The van der Waals surface area contributed by atoms with Gasteiger partial charge in [0.05, 0.1) is 11.1 Å². The van der Waals surface area contributed by atoms with Crippen molar-refractivity contribution < 1.29 is 8.83 Å². The number of benzene rings is 11. The number of rotatable bonds is 7. The largest absolute Gasteiger partial charge is 0.456 e. The third-order valence-electron chi connectivity index (χ3n) is 16.2. The van der Waals surface area contributed by atoms with E-state index in [1.807, 2.05) is 6.07 Å². The number of nitrogens with zero attached hydrogens (tertiary/aromatic N) is 1. The zero-order valence-electron chi connectivity index (χ0n) is 40.4. The van der Waals surface area contributed by atoms with E-state index in [4.69, 9.17) is 8.83 Å². The van der Waals surface area contributed by atoms with Gasteiger partial charge >= 0.3 is 0 Å². The van der Waals surface area contributed by atoms with E-state index in [0.717, 1.165) is 77.6 Å². The molecule has 2 aliphatic rings. The van der Waals surface area contributed by atoms with E-state index in [-0.39, 0.29) is 5.41 Å². The Morgan fingerprint density at radius 3 is 1.66 bits per heavy atom. The minimum Gasteiger partial charge on any atom is -0.456 e. The normalized spacial score (nSPS) is 13.8. The van der Waals surface area contributed by atoms with Crippen molar-refractivity contribution in [3.8, 4) is 44.5 Å². The first-order valence-corrected chi connectivity index (χ1v) is 25.3. The van der Waals surface area contributed by atoms with Crippen LogP contribution in [-0.4, -0.2) is 0 Å². The van der Waals surface area contributed by atoms with Gasteiger partial charge in [0.15, 0.2) is 5.58 Å². The molecule has 2 aromatic heterocycles. The molecule has 0 aliphatic heterocycles. The average molecular weight is 934 g/mol. The second kappa shape index (κ2) is 15.7. The van der Waals surface area contributed by atoms with Crippen LogP contribution in [0.15, 0.2) is 258 Å². The Kier molecular flexibility index (Phi) is 8.92. The molecule has 344 valence electrons. The minimum atomic E-state index is -0.573. The molecule has 0 saturated heterocycles. The molecule has 73 heavy (non-hydrogen) atoms. The SMILES string of the molecule is CC1(C)c2ccccc2-c2ccc(-c3c4oc5c(N(c6ccc(-c7ccccc7)cc6)c6ccc7c(c6)C(c6ccccc6)(c6ccccc6)c6ccccc6-7)cccc5c4cc4oc5ccccc5c34)cc21. The van der Waals surface area contributed by atoms with Crippen LogP contribution in [0.1, 0.15) is 47.2 Å². The van der Waals surface area contributed by atoms with Crippen LogP contribution in [0, 0.1) is 0 Å². The van der Waals surface area contributed by atoms with Crippen molar-refractivity contribution in [1.82, 2.24) is 0 Å². The first-order chi connectivity index (χ1) is 36.0. The van der Waals surface area contributed by atoms with Crippen molar-refractivity contribution in [2.75, 3.05) is 4.90 Å². The Balaban J connectivity index is 1.00. The predicted molar refractivity (Wildman–Crippen MR) is 301 cm³/mol. The molecule has 2 aliphatic carbocycles. The maximum atomic E-state index is 7.59. The summed E-state index contributed by atoms with van der Waals surface area (Å²) in [6, 6.07) is 90.8. The van der Waals surface area contributed by atoms with Gasteiger partial charge in [-0.3, -0.25) is 0 Å². The maximum absolute atomic E-state index is 7.59. The summed E-state index contributed by atoms with van der Waals surface area (Å²) >= 11 is 0. The molecular weight excluding hydrogens is 887 g/mol. The minimum absolute atomic E-state index is 0.180. The summed E-state index contributed by atoms with van der Waals surface area (Å²) in [6.45, 7) is 4.70. The number of furan rings is 2. The molecule has 2 heterocycles. The number of anilines is 3. The van der Waals surface area contributed by atoms with Gasteiger partial charge in [0, 0.05) is 43.9 Å². The second-order valence-corrected chi connectivity index (χ2v) is 20.3. The lowest BCUT2D eigenvalue weighted by Gasteiger charge is -2.35. The van der Waals surface area contributed by atoms with Crippen molar-refractivity contribution in [2.24, 2.45) is 0 Å². The van der Waals surface area contributed by atoms with Crippen LogP contribution in [-0.2, 0) is 10.8 Å². The Labute approximate surface area is 423 Å². The highest BCUT2D eigenvalue weighted by Crippen LogP contribution is 2.58. The topological polar surface area (TPSA) is 29.5 Å². The van der Waals surface area contributed by atoms with E-state index in [2.05, 4.69) is 261 Å². The van der Waals surface area contributed by atoms with Crippen molar-refractivity contribution in [3.05, 3.63) is 282 Å². The van der Waals surface area contributed by atoms with E-state index in [1.54, 1.807) is 0 Å². The predicted octanol–water partition coefficient (Wildman–Crippen LogP) is 19.0. The lowest BCUT2D eigenvalue weighted by atomic mass is 9.67. The van der Waals surface area contributed by atoms with E-state index >= 15 is 0 Å². The zero-order chi connectivity index (χ0) is 48.4. The summed E-state index contributed by atoms with van der Waals surface area (Å²) in [5.41, 5.74) is 22.8. The van der Waals surface area contributed by atoms with Gasteiger partial charge in [-0.15, -0.1) is 0 Å². The van der Waals surface area contributed by atoms with Gasteiger partial charge in [0.2, 0.25) is 0 Å². The first kappa shape index (κ1) is 41.6. The molecule has 0 bridgehead atoms. The summed E-state index contributed by atoms with van der Waals surface area (Å²) in [6.07, 6.45) is 0. The molecule has 3 nitrogen and oxygen atoms in total. The molecule has 11 aromatic carbocycles. The van der Waals surface area contributed by atoms with Gasteiger partial charge in [-0.25, -0.2) is 0 Å². The Bertz CT molecular complexity index is 4290. The summed E-state index contributed by atoms with van der Waals surface area (Å²) in [4.78, 5) is 2.40. The lowest BCUT2D eigenvalue weighted by molar-refractivity contribution is 0.660. The van der Waals surface area contributed by atoms with Gasteiger partial charge in [0.1, 0.15) is 16.7 Å². The number of para-hydroxylation sites is 2. The van der Waals surface area contributed by atoms with Gasteiger partial charge < -0.3 is 13.7 Å². The van der Waals surface area contributed by atoms with Gasteiger partial charge in [-0.2, -0.15) is 0 Å². The third kappa shape index (κ3) is 5.94. The Hall–Kier alpha value is -9.18. The van der Waals surface area contributed by atoms with Crippen LogP contribution in [0.25, 0.3) is 88.4 Å². The van der Waals surface area contributed by atoms with Gasteiger partial charge in [0.25, 0.3) is 0 Å². The smallest absolute Gasteiger partial charge is 0.159 e. The number of hydrogen-bond acceptors (Lipinski definition) is 3. The fourth-order valence-electron chi connectivity index (χ4n) is 12.9. The van der Waals surface area contributed by atoms with Crippen LogP contribution in [0.2, 0.25) is 0 Å². The molecule has 0 unspecified atom stereocenters. The van der Waals surface area contributed by atoms with E-state index < -0.39 is 5.41 Å². The molecule has 0 saturated carbocycles. The van der Waals surface area contributed by atoms with Crippen LogP contribution in [0.5, 0.6) is 0 Å². The molecule has 0 N–H and O–H groups in total. The van der Waals surface area contributed by atoms with Crippen molar-refractivity contribution in [3.63, 3.8) is 0 Å². The highest BCUT2D eigenvalue weighted by atomic mass is 16.3. The standard InChI is InChI=1S/C70H47NO2/c1-69(2)58-29-15-12-25-51(58)53-39-35-46(41-60(53)69)65-66-56-27-14-17-32-63(56)72-64(66)43-57-55-28-18-31-62(67(55)73-68(57)65)71(49-36-33-45(34-37-49)44-19-6-3-7-20-44)50-38-40-54-52-26-13-16-30-59(52)70(61(54)42-50,47-21-8-4-9-22-47)48-23-10-5-11-24-48/h3-43H,1-2H3. The molecular formula is C70H47NO2. The van der Waals surface area contributed by atoms with Crippen LogP contribution in [0.4, 0.5) is 17.1 Å². The molecule has 0 atom stereocenters. The van der Waals surface area contributed by atoms with Gasteiger partial charge in [-0.1, -0.05) is 214 Å². The summed E-state index contributed by atoms with van der Waals surface area (Å²) < 4.78 is 14.4. The molecule has 3 heteroatoms. The average Bonchev–Trinajstić information content (AvgIpc) is 4.21. The molecule has 13 aromatic rings. The van der Waals surface area contributed by atoms with Crippen LogP contribution in [0.3, 0.4) is 0 Å². The monoisotopic (exact) mass is 933 g/mol. The summed E-state index contributed by atoms with van der Waals surface area (Å²) in [5, 5.41) is 4.16. The lowest BCUT2D eigenvalue weighted by Crippen LogP contribution is -2.28. The Morgan fingerprint density at radius 2 is 0.904 bits per heavy atom. The van der Waals surface area contributed by atoms with Crippen molar-refractivity contribution in [1.29, 1.82) is 0 Å². The number of hydrogen-bond donors (Lipinski definition) is 0. The first-order valence-electron chi connectivity index (χ1n) is 25.3. The molecule has 0 spiro atoms.